The molecule has 18 heavy (non-hydrogen) atoms. The van der Waals surface area contributed by atoms with Gasteiger partial charge < -0.3 is 10.2 Å². The Morgan fingerprint density at radius 1 is 1.22 bits per heavy atom. The van der Waals surface area contributed by atoms with Crippen LogP contribution in [-0.2, 0) is 14.6 Å². The highest BCUT2D eigenvalue weighted by molar-refractivity contribution is 7.80. The summed E-state index contributed by atoms with van der Waals surface area (Å²) in [6, 6.07) is -0.0262. The fourth-order valence-corrected chi connectivity index (χ4v) is 2.12. The molecule has 1 saturated heterocycles. The van der Waals surface area contributed by atoms with E-state index in [1.54, 1.807) is 4.90 Å². The minimum atomic E-state index is -4.32. The first-order valence-electron chi connectivity index (χ1n) is 6.13. The predicted molar refractivity (Wildman–Crippen MR) is 65.6 cm³/mol. The molecular formula is C10H20N2O5S. The number of hydrogen-bond donors (Lipinski definition) is 2. The molecule has 1 aliphatic rings. The lowest BCUT2D eigenvalue weighted by Gasteiger charge is -2.15. The van der Waals surface area contributed by atoms with Gasteiger partial charge in [-0.1, -0.05) is 0 Å². The molecule has 0 aliphatic carbocycles. The number of likely N-dealkylation sites (tertiary alicyclic amines) is 1. The number of nitrogens with zero attached hydrogens (tertiary/aromatic N) is 1. The van der Waals surface area contributed by atoms with Crippen LogP contribution in [0.15, 0.2) is 0 Å². The van der Waals surface area contributed by atoms with E-state index in [1.165, 1.54) is 0 Å². The van der Waals surface area contributed by atoms with Gasteiger partial charge in [-0.2, -0.15) is 8.42 Å². The van der Waals surface area contributed by atoms with Gasteiger partial charge in [0.25, 0.3) is 0 Å². The monoisotopic (exact) mass is 280 g/mol. The Balaban J connectivity index is 1.93. The summed E-state index contributed by atoms with van der Waals surface area (Å²) in [5.74, 6) is 0. The summed E-state index contributed by atoms with van der Waals surface area (Å²) in [4.78, 5) is 13.3. The number of amides is 2. The molecule has 7 nitrogen and oxygen atoms in total. The Kier molecular flexibility index (Phi) is 6.37. The lowest BCUT2D eigenvalue weighted by atomic mass is 10.2. The fourth-order valence-electron chi connectivity index (χ4n) is 1.80. The van der Waals surface area contributed by atoms with E-state index in [-0.39, 0.29) is 12.6 Å². The summed E-state index contributed by atoms with van der Waals surface area (Å²) in [5, 5.41) is 2.81. The van der Waals surface area contributed by atoms with Crippen LogP contribution in [0.25, 0.3) is 0 Å². The van der Waals surface area contributed by atoms with E-state index in [1.807, 2.05) is 0 Å². The van der Waals surface area contributed by atoms with Gasteiger partial charge in [-0.3, -0.25) is 4.55 Å². The van der Waals surface area contributed by atoms with Crippen LogP contribution in [0, 0.1) is 0 Å². The molecule has 0 radical (unpaired) electrons. The van der Waals surface area contributed by atoms with Gasteiger partial charge in [0.15, 0.2) is 0 Å². The number of nitrogens with one attached hydrogen (secondary N) is 1. The number of unbranched alkanes of at least 4 members (excludes halogenated alkanes) is 2. The quantitative estimate of drug-likeness (QED) is 0.531. The summed E-state index contributed by atoms with van der Waals surface area (Å²) in [6.45, 7) is 2.20. The smallest absolute Gasteiger partial charge is 0.338 e. The number of hydrogen-bond acceptors (Lipinski definition) is 4. The fraction of sp³-hybridized carbons (Fsp3) is 0.900. The lowest BCUT2D eigenvalue weighted by molar-refractivity contribution is 0.208. The minimum Gasteiger partial charge on any atom is -0.338 e. The van der Waals surface area contributed by atoms with E-state index < -0.39 is 10.4 Å². The van der Waals surface area contributed by atoms with Gasteiger partial charge in [-0.15, -0.1) is 0 Å². The summed E-state index contributed by atoms with van der Waals surface area (Å²) >= 11 is 0. The largest absolute Gasteiger partial charge is 0.397 e. The summed E-state index contributed by atoms with van der Waals surface area (Å²) in [7, 11) is -4.32. The third-order valence-corrected chi connectivity index (χ3v) is 3.19. The van der Waals surface area contributed by atoms with Gasteiger partial charge in [-0.25, -0.2) is 8.98 Å². The summed E-state index contributed by atoms with van der Waals surface area (Å²) < 4.78 is 32.9. The lowest BCUT2D eigenvalue weighted by Crippen LogP contribution is -2.38. The Morgan fingerprint density at radius 2 is 1.89 bits per heavy atom. The molecule has 0 unspecified atom stereocenters. The van der Waals surface area contributed by atoms with Crippen molar-refractivity contribution in [2.45, 2.75) is 32.1 Å². The van der Waals surface area contributed by atoms with Gasteiger partial charge in [0.1, 0.15) is 0 Å². The van der Waals surface area contributed by atoms with Crippen molar-refractivity contribution in [2.24, 2.45) is 0 Å². The zero-order valence-corrected chi connectivity index (χ0v) is 11.1. The molecule has 0 aromatic heterocycles. The molecule has 0 spiro atoms. The number of carbonyl (C=O) groups is 1. The molecule has 2 amide bonds. The SMILES string of the molecule is O=C(NCCCCCOS(=O)(=O)O)N1CCCC1. The maximum absolute atomic E-state index is 11.5. The van der Waals surface area contributed by atoms with Gasteiger partial charge in [0.2, 0.25) is 0 Å². The Morgan fingerprint density at radius 3 is 2.50 bits per heavy atom. The Labute approximate surface area is 107 Å². The van der Waals surface area contributed by atoms with Crippen LogP contribution in [0.1, 0.15) is 32.1 Å². The van der Waals surface area contributed by atoms with Crippen LogP contribution in [0.4, 0.5) is 4.79 Å². The molecular weight excluding hydrogens is 260 g/mol. The van der Waals surface area contributed by atoms with Crippen LogP contribution >= 0.6 is 0 Å². The van der Waals surface area contributed by atoms with Gasteiger partial charge >= 0.3 is 16.4 Å². The normalized spacial score (nSPS) is 15.9. The molecule has 0 bridgehead atoms. The maximum Gasteiger partial charge on any atom is 0.397 e. The highest BCUT2D eigenvalue weighted by atomic mass is 32.3. The molecule has 0 aromatic rings. The number of rotatable bonds is 7. The molecule has 1 rings (SSSR count). The van der Waals surface area contributed by atoms with Crippen molar-refractivity contribution in [1.82, 2.24) is 10.2 Å². The minimum absolute atomic E-state index is 0.0262. The molecule has 106 valence electrons. The van der Waals surface area contributed by atoms with Crippen LogP contribution < -0.4 is 5.32 Å². The van der Waals surface area contributed by atoms with Crippen molar-refractivity contribution >= 4 is 16.4 Å². The van der Waals surface area contributed by atoms with Crippen molar-refractivity contribution in [1.29, 1.82) is 0 Å². The number of urea groups is 1. The molecule has 0 saturated carbocycles. The molecule has 1 heterocycles. The van der Waals surface area contributed by atoms with Crippen LogP contribution in [0.2, 0.25) is 0 Å². The number of carbonyl (C=O) groups excluding carboxylic acids is 1. The molecule has 1 aliphatic heterocycles. The van der Waals surface area contributed by atoms with E-state index in [4.69, 9.17) is 4.55 Å². The second-order valence-corrected chi connectivity index (χ2v) is 5.33. The van der Waals surface area contributed by atoms with Gasteiger partial charge in [0, 0.05) is 19.6 Å². The first kappa shape index (κ1) is 15.2. The van der Waals surface area contributed by atoms with Crippen molar-refractivity contribution < 1.29 is 21.9 Å². The average molecular weight is 280 g/mol. The standard InChI is InChI=1S/C10H20N2O5S/c13-10(12-7-3-4-8-12)11-6-2-1-5-9-17-18(14,15)16/h1-9H2,(H,11,13)(H,14,15,16). The van der Waals surface area contributed by atoms with Crippen LogP contribution in [0.5, 0.6) is 0 Å². The highest BCUT2D eigenvalue weighted by Crippen LogP contribution is 2.06. The van der Waals surface area contributed by atoms with E-state index in [0.717, 1.165) is 38.8 Å². The third-order valence-electron chi connectivity index (χ3n) is 2.72. The van der Waals surface area contributed by atoms with Crippen molar-refractivity contribution in [2.75, 3.05) is 26.2 Å². The average Bonchev–Trinajstić information content (AvgIpc) is 2.79. The highest BCUT2D eigenvalue weighted by Gasteiger charge is 2.16. The Hall–Kier alpha value is -0.860. The van der Waals surface area contributed by atoms with E-state index in [2.05, 4.69) is 9.50 Å². The van der Waals surface area contributed by atoms with Gasteiger partial charge in [0.05, 0.1) is 6.61 Å². The van der Waals surface area contributed by atoms with Gasteiger partial charge in [-0.05, 0) is 32.1 Å². The van der Waals surface area contributed by atoms with Crippen molar-refractivity contribution in [3.05, 3.63) is 0 Å². The molecule has 8 heteroatoms. The van der Waals surface area contributed by atoms with Crippen molar-refractivity contribution in [3.63, 3.8) is 0 Å². The van der Waals surface area contributed by atoms with Crippen LogP contribution in [-0.4, -0.2) is 50.1 Å². The van der Waals surface area contributed by atoms with E-state index in [9.17, 15) is 13.2 Å². The summed E-state index contributed by atoms with van der Waals surface area (Å²) in [5.41, 5.74) is 0. The zero-order chi connectivity index (χ0) is 13.4. The molecule has 0 atom stereocenters. The molecule has 0 aromatic carbocycles. The van der Waals surface area contributed by atoms with E-state index >= 15 is 0 Å². The third kappa shape index (κ3) is 6.77. The first-order valence-corrected chi connectivity index (χ1v) is 7.50. The zero-order valence-electron chi connectivity index (χ0n) is 10.3. The van der Waals surface area contributed by atoms with Crippen molar-refractivity contribution in [3.8, 4) is 0 Å². The molecule has 2 N–H and O–H groups in total. The second kappa shape index (κ2) is 7.55. The predicted octanol–water partition coefficient (Wildman–Crippen LogP) is 0.782. The Bertz CT molecular complexity index is 351. The van der Waals surface area contributed by atoms with E-state index in [0.29, 0.717) is 13.0 Å². The second-order valence-electron chi connectivity index (χ2n) is 4.24. The maximum atomic E-state index is 11.5. The summed E-state index contributed by atoms with van der Waals surface area (Å²) in [6.07, 6.45) is 4.16. The van der Waals surface area contributed by atoms with Crippen LogP contribution in [0.3, 0.4) is 0 Å². The topological polar surface area (TPSA) is 95.9 Å². The molecule has 1 fully saturated rings. The first-order chi connectivity index (χ1) is 8.49.